The first-order valence-corrected chi connectivity index (χ1v) is 9.44. The fourth-order valence-corrected chi connectivity index (χ4v) is 5.38. The standard InChI is InChI=1S/C20H30O5/c1-5-14(21)15-16-18(2,3)9-6-10-19(16,4)20(23,25-15)11-7-13-8-12-24-17(13)22/h8,15-16,23H,5-7,9-12H2,1-4H3/t15-,16-,19-,20-/m0/s1. The first-order chi connectivity index (χ1) is 11.6. The highest BCUT2D eigenvalue weighted by atomic mass is 16.6. The van der Waals surface area contributed by atoms with Crippen LogP contribution in [-0.2, 0) is 19.1 Å². The van der Waals surface area contributed by atoms with Gasteiger partial charge >= 0.3 is 5.97 Å². The number of hydrogen-bond acceptors (Lipinski definition) is 5. The van der Waals surface area contributed by atoms with Crippen LogP contribution in [0.5, 0.6) is 0 Å². The molecule has 0 unspecified atom stereocenters. The molecule has 0 aromatic rings. The molecular formula is C20H30O5. The van der Waals surface area contributed by atoms with Gasteiger partial charge in [-0.25, -0.2) is 4.79 Å². The monoisotopic (exact) mass is 350 g/mol. The maximum absolute atomic E-state index is 12.6. The molecule has 0 radical (unpaired) electrons. The number of esters is 1. The quantitative estimate of drug-likeness (QED) is 0.771. The fraction of sp³-hybridized carbons (Fsp3) is 0.800. The van der Waals surface area contributed by atoms with Crippen molar-refractivity contribution in [2.45, 2.75) is 78.1 Å². The van der Waals surface area contributed by atoms with E-state index in [1.807, 2.05) is 6.92 Å². The van der Waals surface area contributed by atoms with E-state index in [0.29, 0.717) is 31.4 Å². The number of hydrogen-bond donors (Lipinski definition) is 1. The zero-order valence-electron chi connectivity index (χ0n) is 15.8. The van der Waals surface area contributed by atoms with Crippen molar-refractivity contribution in [1.29, 1.82) is 0 Å². The Morgan fingerprint density at radius 1 is 1.32 bits per heavy atom. The summed E-state index contributed by atoms with van der Waals surface area (Å²) in [6.45, 7) is 8.56. The minimum atomic E-state index is -1.39. The van der Waals surface area contributed by atoms with Crippen LogP contribution < -0.4 is 0 Å². The molecule has 4 atom stereocenters. The normalized spacial score (nSPS) is 39.7. The van der Waals surface area contributed by atoms with E-state index in [9.17, 15) is 14.7 Å². The van der Waals surface area contributed by atoms with E-state index in [-0.39, 0.29) is 23.1 Å². The van der Waals surface area contributed by atoms with Gasteiger partial charge in [-0.15, -0.1) is 0 Å². The fourth-order valence-electron chi connectivity index (χ4n) is 5.38. The Morgan fingerprint density at radius 3 is 2.64 bits per heavy atom. The van der Waals surface area contributed by atoms with Crippen molar-refractivity contribution < 1.29 is 24.2 Å². The first kappa shape index (κ1) is 18.6. The molecular weight excluding hydrogens is 320 g/mol. The number of ketones is 1. The molecule has 0 aromatic carbocycles. The number of fused-ring (bicyclic) bond motifs is 1. The van der Waals surface area contributed by atoms with Crippen molar-refractivity contribution in [3.8, 4) is 0 Å². The molecule has 0 amide bonds. The van der Waals surface area contributed by atoms with E-state index in [2.05, 4.69) is 20.8 Å². The summed E-state index contributed by atoms with van der Waals surface area (Å²) >= 11 is 0. The number of ether oxygens (including phenoxy) is 2. The molecule has 2 fully saturated rings. The molecule has 140 valence electrons. The molecule has 3 aliphatic rings. The lowest BCUT2D eigenvalue weighted by Gasteiger charge is -2.51. The molecule has 1 N–H and O–H groups in total. The van der Waals surface area contributed by atoms with Gasteiger partial charge < -0.3 is 14.6 Å². The summed E-state index contributed by atoms with van der Waals surface area (Å²) in [5, 5.41) is 11.5. The van der Waals surface area contributed by atoms with E-state index >= 15 is 0 Å². The summed E-state index contributed by atoms with van der Waals surface area (Å²) in [4.78, 5) is 24.3. The highest BCUT2D eigenvalue weighted by Gasteiger charge is 2.67. The minimum Gasteiger partial charge on any atom is -0.458 e. The third-order valence-corrected chi connectivity index (χ3v) is 6.77. The maximum Gasteiger partial charge on any atom is 0.334 e. The third-order valence-electron chi connectivity index (χ3n) is 6.77. The Morgan fingerprint density at radius 2 is 2.04 bits per heavy atom. The van der Waals surface area contributed by atoms with Gasteiger partial charge in [0.1, 0.15) is 12.7 Å². The highest BCUT2D eigenvalue weighted by molar-refractivity contribution is 5.90. The summed E-state index contributed by atoms with van der Waals surface area (Å²) in [6, 6.07) is 0. The van der Waals surface area contributed by atoms with E-state index in [0.717, 1.165) is 19.3 Å². The van der Waals surface area contributed by atoms with Gasteiger partial charge in [0.2, 0.25) is 0 Å². The summed E-state index contributed by atoms with van der Waals surface area (Å²) in [7, 11) is 0. The Hall–Kier alpha value is -1.20. The maximum atomic E-state index is 12.6. The highest BCUT2D eigenvalue weighted by Crippen LogP contribution is 2.64. The van der Waals surface area contributed by atoms with Gasteiger partial charge in [0, 0.05) is 29.7 Å². The molecule has 0 aromatic heterocycles. The summed E-state index contributed by atoms with van der Waals surface area (Å²) in [5.41, 5.74) is 0.0313. The van der Waals surface area contributed by atoms with Gasteiger partial charge in [-0.2, -0.15) is 0 Å². The predicted molar refractivity (Wildman–Crippen MR) is 92.6 cm³/mol. The molecule has 0 bridgehead atoms. The van der Waals surface area contributed by atoms with Crippen molar-refractivity contribution in [3.63, 3.8) is 0 Å². The lowest BCUT2D eigenvalue weighted by atomic mass is 9.53. The molecule has 25 heavy (non-hydrogen) atoms. The molecule has 1 aliphatic carbocycles. The van der Waals surface area contributed by atoms with E-state index < -0.39 is 17.3 Å². The topological polar surface area (TPSA) is 72.8 Å². The van der Waals surface area contributed by atoms with E-state index in [1.54, 1.807) is 6.08 Å². The molecule has 5 nitrogen and oxygen atoms in total. The Kier molecular flexibility index (Phi) is 4.61. The predicted octanol–water partition coefficient (Wildman–Crippen LogP) is 3.15. The second-order valence-corrected chi connectivity index (χ2v) is 8.71. The molecule has 2 aliphatic heterocycles. The van der Waals surface area contributed by atoms with Crippen LogP contribution in [0.2, 0.25) is 0 Å². The summed E-state index contributed by atoms with van der Waals surface area (Å²) in [6.07, 6.45) is 5.17. The van der Waals surface area contributed by atoms with Gasteiger partial charge in [-0.1, -0.05) is 34.1 Å². The van der Waals surface area contributed by atoms with Crippen LogP contribution in [0.4, 0.5) is 0 Å². The molecule has 5 heteroatoms. The van der Waals surface area contributed by atoms with Crippen molar-refractivity contribution in [2.75, 3.05) is 6.61 Å². The number of rotatable bonds is 5. The minimum absolute atomic E-state index is 0.0179. The first-order valence-electron chi connectivity index (χ1n) is 9.44. The number of cyclic esters (lactones) is 1. The van der Waals surface area contributed by atoms with Crippen LogP contribution >= 0.6 is 0 Å². The van der Waals surface area contributed by atoms with Gasteiger partial charge in [0.15, 0.2) is 11.6 Å². The molecule has 3 rings (SSSR count). The largest absolute Gasteiger partial charge is 0.458 e. The van der Waals surface area contributed by atoms with Crippen LogP contribution in [0.15, 0.2) is 11.6 Å². The Balaban J connectivity index is 1.90. The van der Waals surface area contributed by atoms with E-state index in [1.165, 1.54) is 0 Å². The van der Waals surface area contributed by atoms with Gasteiger partial charge in [0.25, 0.3) is 0 Å². The second kappa shape index (κ2) is 6.20. The summed E-state index contributed by atoms with van der Waals surface area (Å²) < 4.78 is 11.1. The lowest BCUT2D eigenvalue weighted by Crippen LogP contribution is -2.52. The lowest BCUT2D eigenvalue weighted by molar-refractivity contribution is -0.244. The molecule has 0 spiro atoms. The van der Waals surface area contributed by atoms with Crippen molar-refractivity contribution in [2.24, 2.45) is 16.7 Å². The summed E-state index contributed by atoms with van der Waals surface area (Å²) in [5.74, 6) is -1.67. The zero-order chi connectivity index (χ0) is 18.5. The number of Topliss-reactive ketones (excluding diaryl/α,β-unsaturated/α-hetero) is 1. The van der Waals surface area contributed by atoms with Crippen molar-refractivity contribution in [1.82, 2.24) is 0 Å². The smallest absolute Gasteiger partial charge is 0.334 e. The third kappa shape index (κ3) is 2.85. The van der Waals surface area contributed by atoms with Crippen LogP contribution in [-0.4, -0.2) is 35.4 Å². The zero-order valence-corrected chi connectivity index (χ0v) is 15.8. The number of carbonyl (C=O) groups is 2. The van der Waals surface area contributed by atoms with Crippen LogP contribution in [0.1, 0.15) is 66.2 Å². The average Bonchev–Trinajstić information content (AvgIpc) is 3.05. The van der Waals surface area contributed by atoms with Crippen LogP contribution in [0, 0.1) is 16.7 Å². The molecule has 2 heterocycles. The second-order valence-electron chi connectivity index (χ2n) is 8.71. The SMILES string of the molecule is CCC(=O)[C@@H]1O[C@@](O)(CCC2=CCOC2=O)[C@@]2(C)CCCC(C)(C)[C@H]12. The molecule has 1 saturated carbocycles. The van der Waals surface area contributed by atoms with Gasteiger partial charge in [-0.3, -0.25) is 4.79 Å². The van der Waals surface area contributed by atoms with Gasteiger partial charge in [0.05, 0.1) is 0 Å². The number of aliphatic hydroxyl groups is 1. The average molecular weight is 350 g/mol. The number of carbonyl (C=O) groups excluding carboxylic acids is 2. The Labute approximate surface area is 149 Å². The van der Waals surface area contributed by atoms with Crippen molar-refractivity contribution in [3.05, 3.63) is 11.6 Å². The Bertz CT molecular complexity index is 607. The van der Waals surface area contributed by atoms with Crippen LogP contribution in [0.3, 0.4) is 0 Å². The molecule has 1 saturated heterocycles. The van der Waals surface area contributed by atoms with Crippen LogP contribution in [0.25, 0.3) is 0 Å². The van der Waals surface area contributed by atoms with Crippen molar-refractivity contribution >= 4 is 11.8 Å². The van der Waals surface area contributed by atoms with E-state index in [4.69, 9.17) is 9.47 Å². The van der Waals surface area contributed by atoms with Gasteiger partial charge in [-0.05, 0) is 30.8 Å².